The summed E-state index contributed by atoms with van der Waals surface area (Å²) in [5, 5.41) is 3.24. The minimum Gasteiger partial charge on any atom is -0.316 e. The lowest BCUT2D eigenvalue weighted by atomic mass is 10.0. The molecule has 0 bridgehead atoms. The summed E-state index contributed by atoms with van der Waals surface area (Å²) in [6.45, 7) is 2.93. The molecule has 0 amide bonds. The van der Waals surface area contributed by atoms with E-state index in [1.54, 1.807) is 4.31 Å². The molecule has 0 spiro atoms. The highest BCUT2D eigenvalue weighted by molar-refractivity contribution is 7.88. The van der Waals surface area contributed by atoms with Crippen molar-refractivity contribution in [2.24, 2.45) is 11.8 Å². The van der Waals surface area contributed by atoms with Crippen molar-refractivity contribution in [1.29, 1.82) is 0 Å². The Balaban J connectivity index is 1.74. The van der Waals surface area contributed by atoms with Gasteiger partial charge in [0.25, 0.3) is 0 Å². The van der Waals surface area contributed by atoms with Gasteiger partial charge in [0.1, 0.15) is 5.82 Å². The molecule has 3 rings (SSSR count). The number of benzene rings is 1. The quantitative estimate of drug-likeness (QED) is 0.918. The molecule has 0 radical (unpaired) electrons. The molecule has 0 aliphatic carbocycles. The average molecular weight is 319 g/mol. The molecule has 0 unspecified atom stereocenters. The van der Waals surface area contributed by atoms with Crippen LogP contribution in [0.2, 0.25) is 5.02 Å². The highest BCUT2D eigenvalue weighted by Crippen LogP contribution is 2.29. The first-order valence-electron chi connectivity index (χ1n) is 6.58. The van der Waals surface area contributed by atoms with E-state index in [4.69, 9.17) is 11.6 Å². The maximum atomic E-state index is 13.1. The number of hydrogen-bond acceptors (Lipinski definition) is 3. The molecule has 2 saturated heterocycles. The summed E-state index contributed by atoms with van der Waals surface area (Å²) in [5.74, 6) is 0.178. The van der Waals surface area contributed by atoms with Gasteiger partial charge >= 0.3 is 0 Å². The second-order valence-corrected chi connectivity index (χ2v) is 7.88. The second-order valence-electron chi connectivity index (χ2n) is 5.50. The Morgan fingerprint density at radius 1 is 1.30 bits per heavy atom. The van der Waals surface area contributed by atoms with Crippen molar-refractivity contribution in [3.05, 3.63) is 34.6 Å². The summed E-state index contributed by atoms with van der Waals surface area (Å²) in [6.07, 6.45) is 0. The van der Waals surface area contributed by atoms with Crippen LogP contribution in [0.15, 0.2) is 18.2 Å². The van der Waals surface area contributed by atoms with E-state index in [2.05, 4.69) is 5.32 Å². The summed E-state index contributed by atoms with van der Waals surface area (Å²) >= 11 is 5.69. The smallest absolute Gasteiger partial charge is 0.218 e. The van der Waals surface area contributed by atoms with Gasteiger partial charge in [-0.1, -0.05) is 17.7 Å². The van der Waals surface area contributed by atoms with Crippen molar-refractivity contribution < 1.29 is 12.8 Å². The van der Waals surface area contributed by atoms with E-state index in [1.165, 1.54) is 18.2 Å². The fourth-order valence-corrected chi connectivity index (χ4v) is 4.79. The highest BCUT2D eigenvalue weighted by Gasteiger charge is 2.40. The fraction of sp³-hybridized carbons (Fsp3) is 0.538. The molecular formula is C13H16ClFN2O2S. The third-order valence-electron chi connectivity index (χ3n) is 4.08. The highest BCUT2D eigenvalue weighted by atomic mass is 35.5. The molecule has 0 aromatic heterocycles. The van der Waals surface area contributed by atoms with E-state index in [0.29, 0.717) is 30.5 Å². The summed E-state index contributed by atoms with van der Waals surface area (Å²) in [6, 6.07) is 4.06. The molecule has 2 atom stereocenters. The lowest BCUT2D eigenvalue weighted by molar-refractivity contribution is 0.447. The number of fused-ring (bicyclic) bond motifs is 1. The Kier molecular flexibility index (Phi) is 3.75. The van der Waals surface area contributed by atoms with Crippen LogP contribution in [0.25, 0.3) is 0 Å². The predicted octanol–water partition coefficient (Wildman–Crippen LogP) is 1.46. The molecule has 1 aromatic rings. The van der Waals surface area contributed by atoms with Crippen LogP contribution in [0.3, 0.4) is 0 Å². The Morgan fingerprint density at radius 2 is 1.95 bits per heavy atom. The van der Waals surface area contributed by atoms with Gasteiger partial charge in [-0.2, -0.15) is 0 Å². The molecule has 1 aromatic carbocycles. The van der Waals surface area contributed by atoms with Crippen molar-refractivity contribution in [3.8, 4) is 0 Å². The van der Waals surface area contributed by atoms with Crippen molar-refractivity contribution in [2.75, 3.05) is 26.2 Å². The third kappa shape index (κ3) is 2.70. The molecule has 0 saturated carbocycles. The van der Waals surface area contributed by atoms with Crippen LogP contribution in [-0.2, 0) is 15.8 Å². The lowest BCUT2D eigenvalue weighted by Crippen LogP contribution is -2.32. The van der Waals surface area contributed by atoms with Crippen LogP contribution in [0.1, 0.15) is 5.56 Å². The largest absolute Gasteiger partial charge is 0.316 e. The molecule has 2 aliphatic heterocycles. The van der Waals surface area contributed by atoms with E-state index in [-0.39, 0.29) is 10.8 Å². The van der Waals surface area contributed by atoms with Crippen molar-refractivity contribution in [2.45, 2.75) is 5.75 Å². The lowest BCUT2D eigenvalue weighted by Gasteiger charge is -2.17. The molecule has 2 fully saturated rings. The van der Waals surface area contributed by atoms with Crippen molar-refractivity contribution >= 4 is 21.6 Å². The van der Waals surface area contributed by atoms with Gasteiger partial charge in [-0.25, -0.2) is 17.1 Å². The van der Waals surface area contributed by atoms with Crippen molar-refractivity contribution in [1.82, 2.24) is 9.62 Å². The SMILES string of the molecule is O=S(=O)(Cc1ccc(F)c(Cl)c1)N1C[C@H]2CNC[C@H]2C1. The standard InChI is InChI=1S/C13H16ClFN2O2S/c14-12-3-9(1-2-13(12)15)8-20(18,19)17-6-10-4-16-5-11(10)7-17/h1-3,10-11,16H,4-8H2/t10-,11+. The Labute approximate surface area is 123 Å². The van der Waals surface area contributed by atoms with E-state index in [1.807, 2.05) is 0 Å². The minimum absolute atomic E-state index is 0.0415. The van der Waals surface area contributed by atoms with Crippen LogP contribution in [0, 0.1) is 17.7 Å². The predicted molar refractivity (Wildman–Crippen MR) is 75.5 cm³/mol. The average Bonchev–Trinajstić information content (AvgIpc) is 2.94. The fourth-order valence-electron chi connectivity index (χ4n) is 2.97. The Bertz CT molecular complexity index is 611. The molecule has 1 N–H and O–H groups in total. The molecular weight excluding hydrogens is 303 g/mol. The number of nitrogens with one attached hydrogen (secondary N) is 1. The number of nitrogens with zero attached hydrogens (tertiary/aromatic N) is 1. The first-order valence-corrected chi connectivity index (χ1v) is 8.57. The van der Waals surface area contributed by atoms with Gasteiger partial charge in [-0.05, 0) is 42.6 Å². The molecule has 2 aliphatic rings. The summed E-state index contributed by atoms with van der Waals surface area (Å²) in [7, 11) is -3.36. The first kappa shape index (κ1) is 14.3. The van der Waals surface area contributed by atoms with Gasteiger partial charge in [-0.3, -0.25) is 0 Å². The number of hydrogen-bond donors (Lipinski definition) is 1. The van der Waals surface area contributed by atoms with Crippen LogP contribution >= 0.6 is 11.6 Å². The summed E-state index contributed by atoms with van der Waals surface area (Å²) < 4.78 is 39.4. The normalized spacial score (nSPS) is 26.9. The maximum absolute atomic E-state index is 13.1. The zero-order valence-electron chi connectivity index (χ0n) is 10.9. The van der Waals surface area contributed by atoms with E-state index in [0.717, 1.165) is 13.1 Å². The molecule has 110 valence electrons. The Morgan fingerprint density at radius 3 is 2.55 bits per heavy atom. The van der Waals surface area contributed by atoms with E-state index >= 15 is 0 Å². The van der Waals surface area contributed by atoms with Gasteiger partial charge in [0.15, 0.2) is 0 Å². The Hall–Kier alpha value is -0.690. The van der Waals surface area contributed by atoms with Crippen LogP contribution in [-0.4, -0.2) is 38.9 Å². The summed E-state index contributed by atoms with van der Waals surface area (Å²) in [5.41, 5.74) is 0.520. The van der Waals surface area contributed by atoms with Crippen LogP contribution in [0.4, 0.5) is 4.39 Å². The zero-order chi connectivity index (χ0) is 14.3. The van der Waals surface area contributed by atoms with E-state index in [9.17, 15) is 12.8 Å². The number of rotatable bonds is 3. The van der Waals surface area contributed by atoms with Gasteiger partial charge in [0.2, 0.25) is 10.0 Å². The third-order valence-corrected chi connectivity index (χ3v) is 6.16. The zero-order valence-corrected chi connectivity index (χ0v) is 12.4. The first-order chi connectivity index (χ1) is 9.45. The van der Waals surface area contributed by atoms with Crippen LogP contribution < -0.4 is 5.32 Å². The van der Waals surface area contributed by atoms with Gasteiger partial charge in [0.05, 0.1) is 10.8 Å². The minimum atomic E-state index is -3.36. The van der Waals surface area contributed by atoms with Gasteiger partial charge in [-0.15, -0.1) is 0 Å². The number of halogens is 2. The van der Waals surface area contributed by atoms with Crippen LogP contribution in [0.5, 0.6) is 0 Å². The molecule has 20 heavy (non-hydrogen) atoms. The van der Waals surface area contributed by atoms with Gasteiger partial charge < -0.3 is 5.32 Å². The molecule has 7 heteroatoms. The summed E-state index contributed by atoms with van der Waals surface area (Å²) in [4.78, 5) is 0. The molecule has 4 nitrogen and oxygen atoms in total. The monoisotopic (exact) mass is 318 g/mol. The van der Waals surface area contributed by atoms with E-state index < -0.39 is 15.8 Å². The maximum Gasteiger partial charge on any atom is 0.218 e. The van der Waals surface area contributed by atoms with Crippen molar-refractivity contribution in [3.63, 3.8) is 0 Å². The molecule has 2 heterocycles. The topological polar surface area (TPSA) is 49.4 Å². The van der Waals surface area contributed by atoms with Gasteiger partial charge in [0, 0.05) is 13.1 Å². The second kappa shape index (κ2) is 5.26. The number of sulfonamides is 1.